The van der Waals surface area contributed by atoms with Crippen molar-refractivity contribution in [3.63, 3.8) is 0 Å². The molecule has 0 N–H and O–H groups in total. The van der Waals surface area contributed by atoms with Gasteiger partial charge in [-0.1, -0.05) is 12.1 Å². The summed E-state index contributed by atoms with van der Waals surface area (Å²) in [6.45, 7) is 4.34. The Labute approximate surface area is 128 Å². The normalized spacial score (nSPS) is 13.0. The van der Waals surface area contributed by atoms with Gasteiger partial charge >= 0.3 is 7.55 Å². The summed E-state index contributed by atoms with van der Waals surface area (Å²) in [7, 11) is 2.06. The van der Waals surface area contributed by atoms with Gasteiger partial charge in [-0.05, 0) is 32.0 Å². The van der Waals surface area contributed by atoms with Gasteiger partial charge in [0.2, 0.25) is 5.95 Å². The van der Waals surface area contributed by atoms with Crippen molar-refractivity contribution in [2.24, 2.45) is 0 Å². The maximum Gasteiger partial charge on any atom is 0.399 e. The summed E-state index contributed by atoms with van der Waals surface area (Å²) in [5.41, 5.74) is 2.32. The minimum atomic E-state index is 0. The Hall–Kier alpha value is -1.35. The molecule has 0 bridgehead atoms. The van der Waals surface area contributed by atoms with E-state index in [0.29, 0.717) is 12.0 Å². The van der Waals surface area contributed by atoms with E-state index in [1.807, 2.05) is 16.9 Å². The van der Waals surface area contributed by atoms with Crippen LogP contribution in [0.5, 0.6) is 0 Å². The Kier molecular flexibility index (Phi) is 4.25. The minimum absolute atomic E-state index is 0. The number of rotatable bonds is 2. The summed E-state index contributed by atoms with van der Waals surface area (Å²) >= 11 is 0. The van der Waals surface area contributed by atoms with E-state index >= 15 is 0 Å². The zero-order chi connectivity index (χ0) is 12.5. The summed E-state index contributed by atoms with van der Waals surface area (Å²) in [5.74, 6) is 0.702. The number of benzene rings is 1. The molecule has 0 aliphatic carbocycles. The van der Waals surface area contributed by atoms with Crippen LogP contribution in [0.4, 0.5) is 17.3 Å². The Morgan fingerprint density at radius 3 is 2.26 bits per heavy atom. The molecule has 2 aromatic rings. The molecule has 1 aromatic heterocycles. The molecule has 19 heavy (non-hydrogen) atoms. The molecular weight excluding hydrogens is 418 g/mol. The van der Waals surface area contributed by atoms with Crippen molar-refractivity contribution < 1.29 is 21.1 Å². The van der Waals surface area contributed by atoms with Gasteiger partial charge in [-0.2, -0.15) is 0 Å². The van der Waals surface area contributed by atoms with Crippen LogP contribution < -0.4 is 9.62 Å². The number of fused-ring (bicyclic) bond motifs is 1. The molecule has 0 fully saturated rings. The summed E-state index contributed by atoms with van der Waals surface area (Å²) in [5, 5.41) is 0. The van der Waals surface area contributed by atoms with Crippen molar-refractivity contribution >= 4 is 24.9 Å². The van der Waals surface area contributed by atoms with E-state index in [2.05, 4.69) is 54.4 Å². The third-order valence-corrected chi connectivity index (χ3v) is 2.98. The van der Waals surface area contributed by atoms with Crippen molar-refractivity contribution in [3.8, 4) is 0 Å². The van der Waals surface area contributed by atoms with Crippen molar-refractivity contribution in [1.82, 2.24) is 9.97 Å². The Morgan fingerprint density at radius 1 is 1.00 bits per heavy atom. The van der Waals surface area contributed by atoms with Crippen LogP contribution in [0, 0.1) is 0 Å². The summed E-state index contributed by atoms with van der Waals surface area (Å²) in [6, 6.07) is 10.5. The first kappa shape index (κ1) is 14.1. The first-order valence-corrected chi connectivity index (χ1v) is 6.06. The molecule has 0 saturated carbocycles. The van der Waals surface area contributed by atoms with Gasteiger partial charge in [0, 0.05) is 45.2 Å². The number of para-hydroxylation sites is 2. The van der Waals surface area contributed by atoms with Gasteiger partial charge in [0.25, 0.3) is 0 Å². The summed E-state index contributed by atoms with van der Waals surface area (Å²) in [4.78, 5) is 12.9. The van der Waals surface area contributed by atoms with Gasteiger partial charge in [-0.25, -0.2) is 9.97 Å². The molecule has 4 nitrogen and oxygen atoms in total. The average molecular weight is 432 g/mol. The average Bonchev–Trinajstić information content (AvgIpc) is 2.79. The van der Waals surface area contributed by atoms with Gasteiger partial charge in [0.1, 0.15) is 0 Å². The second-order valence-electron chi connectivity index (χ2n) is 4.52. The Bertz CT molecular complexity index is 549. The SMILES string of the molecule is CC(C)N1[B]N(c2ncccn2)c2ccccc21.[Pt]. The minimum Gasteiger partial charge on any atom is -0.395 e. The predicted octanol–water partition coefficient (Wildman–Crippen LogP) is 2.37. The van der Waals surface area contributed by atoms with Crippen LogP contribution >= 0.6 is 0 Å². The van der Waals surface area contributed by atoms with E-state index in [1.54, 1.807) is 12.4 Å². The molecule has 0 atom stereocenters. The summed E-state index contributed by atoms with van der Waals surface area (Å²) in [6.07, 6.45) is 3.52. The number of anilines is 3. The molecule has 1 aliphatic rings. The second kappa shape index (κ2) is 5.74. The molecule has 0 unspecified atom stereocenters. The molecule has 2 heterocycles. The molecule has 1 aliphatic heterocycles. The van der Waals surface area contributed by atoms with E-state index < -0.39 is 0 Å². The number of hydrogen-bond acceptors (Lipinski definition) is 4. The van der Waals surface area contributed by atoms with Crippen LogP contribution in [0.15, 0.2) is 42.7 Å². The molecule has 3 rings (SSSR count). The molecule has 0 spiro atoms. The smallest absolute Gasteiger partial charge is 0.395 e. The quantitative estimate of drug-likeness (QED) is 0.683. The van der Waals surface area contributed by atoms with Crippen molar-refractivity contribution in [2.75, 3.05) is 9.62 Å². The monoisotopic (exact) mass is 432 g/mol. The van der Waals surface area contributed by atoms with Crippen LogP contribution in [0.2, 0.25) is 0 Å². The van der Waals surface area contributed by atoms with E-state index in [-0.39, 0.29) is 21.1 Å². The van der Waals surface area contributed by atoms with Gasteiger partial charge < -0.3 is 9.62 Å². The topological polar surface area (TPSA) is 32.3 Å². The van der Waals surface area contributed by atoms with E-state index in [1.165, 1.54) is 5.69 Å². The second-order valence-corrected chi connectivity index (χ2v) is 4.52. The zero-order valence-electron chi connectivity index (χ0n) is 10.8. The van der Waals surface area contributed by atoms with Crippen molar-refractivity contribution in [2.45, 2.75) is 19.9 Å². The molecule has 6 heteroatoms. The van der Waals surface area contributed by atoms with Gasteiger partial charge in [0.15, 0.2) is 0 Å². The standard InChI is InChI=1S/C13H14BN4.Pt/c1-10(2)17-11-6-3-4-7-12(11)18(14-17)13-15-8-5-9-16-13;/h3-10H,1-2H3;. The van der Waals surface area contributed by atoms with Gasteiger partial charge in [-0.3, -0.25) is 0 Å². The van der Waals surface area contributed by atoms with Gasteiger partial charge in [-0.15, -0.1) is 0 Å². The molecular formula is C13H14BN4Pt. The fraction of sp³-hybridized carbons (Fsp3) is 0.231. The first-order valence-electron chi connectivity index (χ1n) is 6.06. The fourth-order valence-electron chi connectivity index (χ4n) is 2.12. The third kappa shape index (κ3) is 2.52. The maximum absolute atomic E-state index is 4.31. The first-order chi connectivity index (χ1) is 8.77. The van der Waals surface area contributed by atoms with Crippen LogP contribution in [0.1, 0.15) is 13.8 Å². The zero-order valence-corrected chi connectivity index (χ0v) is 13.1. The van der Waals surface area contributed by atoms with Crippen LogP contribution in [0.25, 0.3) is 0 Å². The third-order valence-electron chi connectivity index (χ3n) is 2.98. The van der Waals surface area contributed by atoms with Gasteiger partial charge in [0.05, 0.1) is 5.69 Å². The van der Waals surface area contributed by atoms with Crippen LogP contribution in [-0.2, 0) is 21.1 Å². The van der Waals surface area contributed by atoms with Crippen molar-refractivity contribution in [3.05, 3.63) is 42.7 Å². The molecule has 1 aromatic carbocycles. The number of aromatic nitrogens is 2. The van der Waals surface area contributed by atoms with Crippen LogP contribution in [0.3, 0.4) is 0 Å². The molecule has 99 valence electrons. The number of hydrogen-bond donors (Lipinski definition) is 0. The summed E-state index contributed by atoms with van der Waals surface area (Å²) < 4.78 is 0. The molecule has 1 radical (unpaired) electrons. The van der Waals surface area contributed by atoms with E-state index in [0.717, 1.165) is 5.69 Å². The Morgan fingerprint density at radius 2 is 1.63 bits per heavy atom. The Balaban J connectivity index is 0.00000133. The van der Waals surface area contributed by atoms with E-state index in [9.17, 15) is 0 Å². The number of nitrogens with zero attached hydrogens (tertiary/aromatic N) is 4. The van der Waals surface area contributed by atoms with Crippen LogP contribution in [-0.4, -0.2) is 23.6 Å². The largest absolute Gasteiger partial charge is 0.399 e. The van der Waals surface area contributed by atoms with E-state index in [4.69, 9.17) is 0 Å². The predicted molar refractivity (Wildman–Crippen MR) is 74.0 cm³/mol. The maximum atomic E-state index is 4.31. The molecule has 0 saturated heterocycles. The fourth-order valence-corrected chi connectivity index (χ4v) is 2.12. The molecule has 0 amide bonds. The van der Waals surface area contributed by atoms with Crippen molar-refractivity contribution in [1.29, 1.82) is 0 Å².